The van der Waals surface area contributed by atoms with Crippen LogP contribution in [0.4, 0.5) is 0 Å². The lowest BCUT2D eigenvalue weighted by Gasteiger charge is -2.17. The average Bonchev–Trinajstić information content (AvgIpc) is 2.37. The molecule has 3 nitrogen and oxygen atoms in total. The Labute approximate surface area is 101 Å². The number of hydrogen-bond donors (Lipinski definition) is 1. The fraction of sp³-hybridized carbons (Fsp3) is 0.286. The molecule has 2 rings (SSSR count). The first-order valence-corrected chi connectivity index (χ1v) is 5.56. The molecule has 0 spiro atoms. The van der Waals surface area contributed by atoms with Crippen LogP contribution in [0.25, 0.3) is 10.8 Å². The smallest absolute Gasteiger partial charge is 0.131 e. The van der Waals surface area contributed by atoms with E-state index in [2.05, 4.69) is 0 Å². The first-order valence-electron chi connectivity index (χ1n) is 5.56. The van der Waals surface area contributed by atoms with Crippen LogP contribution in [-0.2, 0) is 6.54 Å². The van der Waals surface area contributed by atoms with Crippen molar-refractivity contribution in [2.75, 3.05) is 14.2 Å². The van der Waals surface area contributed by atoms with E-state index in [0.717, 1.165) is 33.4 Å². The van der Waals surface area contributed by atoms with E-state index in [1.807, 2.05) is 31.2 Å². The zero-order chi connectivity index (χ0) is 12.4. The summed E-state index contributed by atoms with van der Waals surface area (Å²) in [6.45, 7) is 2.45. The van der Waals surface area contributed by atoms with Gasteiger partial charge in [-0.05, 0) is 12.5 Å². The first-order chi connectivity index (χ1) is 8.24. The van der Waals surface area contributed by atoms with Crippen molar-refractivity contribution >= 4 is 10.8 Å². The maximum Gasteiger partial charge on any atom is 0.131 e. The number of hydrogen-bond acceptors (Lipinski definition) is 3. The molecule has 0 aliphatic rings. The van der Waals surface area contributed by atoms with Crippen molar-refractivity contribution in [3.8, 4) is 11.5 Å². The fourth-order valence-corrected chi connectivity index (χ4v) is 2.29. The van der Waals surface area contributed by atoms with Gasteiger partial charge < -0.3 is 15.2 Å². The molecule has 0 atom stereocenters. The Morgan fingerprint density at radius 3 is 2.00 bits per heavy atom. The molecule has 0 unspecified atom stereocenters. The van der Waals surface area contributed by atoms with E-state index in [-0.39, 0.29) is 0 Å². The molecule has 0 aliphatic carbocycles. The highest BCUT2D eigenvalue weighted by Crippen LogP contribution is 2.39. The van der Waals surface area contributed by atoms with Gasteiger partial charge in [-0.1, -0.05) is 24.3 Å². The third-order valence-electron chi connectivity index (χ3n) is 3.10. The number of benzene rings is 2. The molecule has 17 heavy (non-hydrogen) atoms. The zero-order valence-electron chi connectivity index (χ0n) is 10.4. The van der Waals surface area contributed by atoms with E-state index in [4.69, 9.17) is 15.2 Å². The van der Waals surface area contributed by atoms with Crippen molar-refractivity contribution in [1.29, 1.82) is 0 Å². The summed E-state index contributed by atoms with van der Waals surface area (Å²) in [7, 11) is 3.36. The van der Waals surface area contributed by atoms with Crippen LogP contribution in [0.5, 0.6) is 11.5 Å². The maximum atomic E-state index is 5.81. The largest absolute Gasteiger partial charge is 0.496 e. The van der Waals surface area contributed by atoms with Crippen molar-refractivity contribution in [3.05, 3.63) is 35.4 Å². The first kappa shape index (κ1) is 11.7. The topological polar surface area (TPSA) is 44.5 Å². The van der Waals surface area contributed by atoms with Gasteiger partial charge in [-0.15, -0.1) is 0 Å². The molecule has 3 heteroatoms. The molecule has 0 fully saturated rings. The second-order valence-electron chi connectivity index (χ2n) is 3.92. The Morgan fingerprint density at radius 2 is 1.53 bits per heavy atom. The summed E-state index contributed by atoms with van der Waals surface area (Å²) in [6.07, 6.45) is 0. The van der Waals surface area contributed by atoms with Crippen molar-refractivity contribution in [2.24, 2.45) is 5.73 Å². The van der Waals surface area contributed by atoms with Gasteiger partial charge in [-0.25, -0.2) is 0 Å². The predicted octanol–water partition coefficient (Wildman–Crippen LogP) is 2.62. The molecule has 0 aromatic heterocycles. The second kappa shape index (κ2) is 4.63. The maximum absolute atomic E-state index is 5.81. The van der Waals surface area contributed by atoms with Gasteiger partial charge >= 0.3 is 0 Å². The van der Waals surface area contributed by atoms with Crippen LogP contribution in [0.2, 0.25) is 0 Å². The summed E-state index contributed by atoms with van der Waals surface area (Å²) >= 11 is 0. The minimum absolute atomic E-state index is 0.441. The minimum Gasteiger partial charge on any atom is -0.496 e. The lowest BCUT2D eigenvalue weighted by atomic mass is 9.98. The number of rotatable bonds is 3. The minimum atomic E-state index is 0.441. The lowest BCUT2D eigenvalue weighted by molar-refractivity contribution is 0.403. The highest BCUT2D eigenvalue weighted by molar-refractivity contribution is 5.96. The normalized spacial score (nSPS) is 10.6. The molecule has 0 amide bonds. The van der Waals surface area contributed by atoms with Gasteiger partial charge in [0.05, 0.1) is 14.2 Å². The monoisotopic (exact) mass is 231 g/mol. The van der Waals surface area contributed by atoms with Crippen molar-refractivity contribution in [3.63, 3.8) is 0 Å². The van der Waals surface area contributed by atoms with Crippen molar-refractivity contribution < 1.29 is 9.47 Å². The summed E-state index contributed by atoms with van der Waals surface area (Å²) in [6, 6.07) is 8.03. The third-order valence-corrected chi connectivity index (χ3v) is 3.10. The van der Waals surface area contributed by atoms with Gasteiger partial charge in [0.15, 0.2) is 0 Å². The van der Waals surface area contributed by atoms with Crippen molar-refractivity contribution in [1.82, 2.24) is 0 Å². The molecule has 0 heterocycles. The Hall–Kier alpha value is -1.74. The van der Waals surface area contributed by atoms with Gasteiger partial charge in [0.2, 0.25) is 0 Å². The Kier molecular flexibility index (Phi) is 3.20. The molecule has 2 N–H and O–H groups in total. The third kappa shape index (κ3) is 1.72. The number of methoxy groups -OCH3 is 2. The van der Waals surface area contributed by atoms with Crippen LogP contribution < -0.4 is 15.2 Å². The van der Waals surface area contributed by atoms with Crippen LogP contribution >= 0.6 is 0 Å². The molecule has 90 valence electrons. The van der Waals surface area contributed by atoms with Crippen LogP contribution in [-0.4, -0.2) is 14.2 Å². The molecular weight excluding hydrogens is 214 g/mol. The molecule has 2 aromatic carbocycles. The number of ether oxygens (including phenoxy) is 2. The zero-order valence-corrected chi connectivity index (χ0v) is 10.4. The van der Waals surface area contributed by atoms with E-state index < -0.39 is 0 Å². The SMILES string of the molecule is COc1c(C)c(CN)c(OC)c2ccccc12. The van der Waals surface area contributed by atoms with Gasteiger partial charge in [0.1, 0.15) is 11.5 Å². The van der Waals surface area contributed by atoms with Gasteiger partial charge in [0, 0.05) is 22.9 Å². The Bertz CT molecular complexity index is 549. The quantitative estimate of drug-likeness (QED) is 0.883. The second-order valence-corrected chi connectivity index (χ2v) is 3.92. The van der Waals surface area contributed by atoms with E-state index in [1.54, 1.807) is 14.2 Å². The molecule has 2 aromatic rings. The van der Waals surface area contributed by atoms with E-state index in [9.17, 15) is 0 Å². The van der Waals surface area contributed by atoms with E-state index in [0.29, 0.717) is 6.54 Å². The standard InChI is InChI=1S/C14H17NO2/c1-9-12(8-15)14(17-3)11-7-5-4-6-10(11)13(9)16-2/h4-7H,8,15H2,1-3H3. The number of nitrogens with two attached hydrogens (primary N) is 1. The molecular formula is C14H17NO2. The van der Waals surface area contributed by atoms with E-state index >= 15 is 0 Å². The highest BCUT2D eigenvalue weighted by atomic mass is 16.5. The Balaban J connectivity index is 2.93. The van der Waals surface area contributed by atoms with Crippen LogP contribution in [0.15, 0.2) is 24.3 Å². The fourth-order valence-electron chi connectivity index (χ4n) is 2.29. The van der Waals surface area contributed by atoms with Gasteiger partial charge in [0.25, 0.3) is 0 Å². The summed E-state index contributed by atoms with van der Waals surface area (Å²) < 4.78 is 11.0. The molecule has 0 saturated carbocycles. The summed E-state index contributed by atoms with van der Waals surface area (Å²) in [5, 5.41) is 2.10. The molecule has 0 radical (unpaired) electrons. The summed E-state index contributed by atoms with van der Waals surface area (Å²) in [4.78, 5) is 0. The lowest BCUT2D eigenvalue weighted by Crippen LogP contribution is -2.05. The average molecular weight is 231 g/mol. The molecule has 0 aliphatic heterocycles. The summed E-state index contributed by atoms with van der Waals surface area (Å²) in [5.74, 6) is 1.73. The van der Waals surface area contributed by atoms with Crippen LogP contribution in [0.3, 0.4) is 0 Å². The Morgan fingerprint density at radius 1 is 1.00 bits per heavy atom. The van der Waals surface area contributed by atoms with Crippen molar-refractivity contribution in [2.45, 2.75) is 13.5 Å². The van der Waals surface area contributed by atoms with Crippen LogP contribution in [0, 0.1) is 6.92 Å². The summed E-state index contributed by atoms with van der Waals surface area (Å²) in [5.41, 5.74) is 7.86. The number of fused-ring (bicyclic) bond motifs is 1. The molecule has 0 bridgehead atoms. The van der Waals surface area contributed by atoms with Gasteiger partial charge in [-0.3, -0.25) is 0 Å². The van der Waals surface area contributed by atoms with Crippen LogP contribution in [0.1, 0.15) is 11.1 Å². The van der Waals surface area contributed by atoms with E-state index in [1.165, 1.54) is 0 Å². The predicted molar refractivity (Wildman–Crippen MR) is 69.7 cm³/mol. The highest BCUT2D eigenvalue weighted by Gasteiger charge is 2.16. The molecule has 0 saturated heterocycles. The van der Waals surface area contributed by atoms with Gasteiger partial charge in [-0.2, -0.15) is 0 Å².